The Bertz CT molecular complexity index is 1760. The number of fused-ring (bicyclic) bond motifs is 1. The Balaban J connectivity index is 1.28. The van der Waals surface area contributed by atoms with Gasteiger partial charge in [-0.3, -0.25) is 0 Å². The number of amides is 1. The zero-order chi connectivity index (χ0) is 30.8. The van der Waals surface area contributed by atoms with Crippen LogP contribution in [0.2, 0.25) is 8.91 Å². The molecule has 2 aliphatic heterocycles. The fourth-order valence-corrected chi connectivity index (χ4v) is 8.78. The van der Waals surface area contributed by atoms with E-state index in [1.54, 1.807) is 33.8 Å². The van der Waals surface area contributed by atoms with Crippen molar-refractivity contribution in [1.29, 1.82) is 5.26 Å². The number of nitriles is 1. The van der Waals surface area contributed by atoms with Crippen LogP contribution in [-0.2, 0) is 9.53 Å². The van der Waals surface area contributed by atoms with Gasteiger partial charge in [-0.2, -0.15) is 0 Å². The van der Waals surface area contributed by atoms with Crippen LogP contribution in [-0.4, -0.2) is 72.6 Å². The Labute approximate surface area is 261 Å². The topological polar surface area (TPSA) is 132 Å². The fraction of sp³-hybridized carbons (Fsp3) is 0.344. The summed E-state index contributed by atoms with van der Waals surface area (Å²) < 4.78 is 28.7. The third-order valence-electron chi connectivity index (χ3n) is 7.71. The number of benzene rings is 2. The van der Waals surface area contributed by atoms with Crippen molar-refractivity contribution in [3.8, 4) is 28.8 Å². The summed E-state index contributed by atoms with van der Waals surface area (Å²) in [6.07, 6.45) is 4.62. The maximum atomic E-state index is 15.6. The van der Waals surface area contributed by atoms with Crippen LogP contribution in [0.3, 0.4) is 0 Å². The molecule has 6 rings (SSSR count). The SMILES string of the molecule is CC(C)(C=C(C#N)C(=O)N1CCCC(n2nc(-c3ccc(Oc4ccccc4)cc3F)c3c(N)ncnc32)C1)[As]C1COC1. The number of piperidine rings is 1. The Kier molecular flexibility index (Phi) is 8.39. The monoisotopic (exact) mass is 656 g/mol. The van der Waals surface area contributed by atoms with Gasteiger partial charge in [0.1, 0.15) is 11.5 Å². The van der Waals surface area contributed by atoms with E-state index in [1.807, 2.05) is 24.3 Å². The molecule has 1 atom stereocenters. The normalized spacial score (nSPS) is 18.0. The standard InChI is InChI=1S/C32H32AsFN7O3/c1-32(2,33-21-17-43-18-21)14-20(15-35)31(42)40-12-6-7-22(16-40)41-30-27(29(36)37-19-38-30)28(39-41)25-11-10-24(13-26(25)34)44-23-8-4-3-5-9-23/h3-5,8-11,13-14,19,21-22H,6-7,12,16-18H2,1-2H3,(H2,36,37,38). The van der Waals surface area contributed by atoms with Crippen LogP contribution in [0.5, 0.6) is 11.5 Å². The number of nitrogens with two attached hydrogens (primary N) is 1. The van der Waals surface area contributed by atoms with Gasteiger partial charge >= 0.3 is 199 Å². The first-order chi connectivity index (χ1) is 21.2. The molecular weight excluding hydrogens is 624 g/mol. The Hall–Kier alpha value is -4.26. The maximum absolute atomic E-state index is 15.6. The van der Waals surface area contributed by atoms with Crippen LogP contribution in [0, 0.1) is 17.1 Å². The molecule has 12 heteroatoms. The number of anilines is 1. The number of para-hydroxylation sites is 1. The van der Waals surface area contributed by atoms with Crippen molar-refractivity contribution in [1.82, 2.24) is 24.6 Å². The quantitative estimate of drug-likeness (QED) is 0.153. The summed E-state index contributed by atoms with van der Waals surface area (Å²) in [6.45, 7) is 6.52. The van der Waals surface area contributed by atoms with E-state index < -0.39 is 5.82 Å². The van der Waals surface area contributed by atoms with E-state index in [-0.39, 0.29) is 48.9 Å². The predicted molar refractivity (Wildman–Crippen MR) is 165 cm³/mol. The van der Waals surface area contributed by atoms with Gasteiger partial charge in [-0.15, -0.1) is 0 Å². The molecule has 10 nitrogen and oxygen atoms in total. The van der Waals surface area contributed by atoms with Crippen molar-refractivity contribution < 1.29 is 18.7 Å². The number of rotatable bonds is 8. The molecule has 2 aromatic carbocycles. The number of hydrogen-bond donors (Lipinski definition) is 1. The van der Waals surface area contributed by atoms with Crippen LogP contribution in [0.15, 0.2) is 66.5 Å². The number of ether oxygens (including phenoxy) is 2. The minimum absolute atomic E-state index is 0.124. The number of nitrogens with zero attached hydrogens (tertiary/aromatic N) is 6. The van der Waals surface area contributed by atoms with E-state index in [9.17, 15) is 10.1 Å². The molecule has 4 heterocycles. The molecule has 2 aliphatic rings. The van der Waals surface area contributed by atoms with E-state index in [0.29, 0.717) is 52.4 Å². The summed E-state index contributed by atoms with van der Waals surface area (Å²) in [7, 11) is 0. The first-order valence-electron chi connectivity index (χ1n) is 14.5. The number of nitrogen functional groups attached to an aromatic ring is 1. The molecule has 4 aromatic rings. The van der Waals surface area contributed by atoms with E-state index in [2.05, 4.69) is 29.9 Å². The first-order valence-corrected chi connectivity index (χ1v) is 16.5. The van der Waals surface area contributed by atoms with Gasteiger partial charge in [0.05, 0.1) is 0 Å². The molecule has 225 valence electrons. The molecule has 1 unspecified atom stereocenters. The minimum atomic E-state index is -0.532. The Morgan fingerprint density at radius 2 is 2.00 bits per heavy atom. The van der Waals surface area contributed by atoms with E-state index >= 15 is 4.39 Å². The molecule has 2 fully saturated rings. The molecule has 1 radical (unpaired) electrons. The van der Waals surface area contributed by atoms with Crippen molar-refractivity contribution in [2.45, 2.75) is 41.6 Å². The molecule has 2 N–H and O–H groups in total. The second-order valence-electron chi connectivity index (χ2n) is 11.5. The Morgan fingerprint density at radius 3 is 2.70 bits per heavy atom. The van der Waals surface area contributed by atoms with E-state index in [1.165, 1.54) is 12.4 Å². The predicted octanol–water partition coefficient (Wildman–Crippen LogP) is 5.34. The van der Waals surface area contributed by atoms with E-state index in [0.717, 1.165) is 19.6 Å². The van der Waals surface area contributed by atoms with Gasteiger partial charge < -0.3 is 4.74 Å². The Morgan fingerprint density at radius 1 is 1.20 bits per heavy atom. The zero-order valence-corrected chi connectivity index (χ0v) is 26.4. The number of carbonyl (C=O) groups excluding carboxylic acids is 1. The molecule has 0 bridgehead atoms. The molecule has 2 saturated heterocycles. The van der Waals surface area contributed by atoms with Gasteiger partial charge in [-0.05, 0) is 18.2 Å². The third kappa shape index (κ3) is 6.19. The third-order valence-corrected chi connectivity index (χ3v) is 10.8. The van der Waals surface area contributed by atoms with Crippen LogP contribution in [0.1, 0.15) is 32.7 Å². The van der Waals surface area contributed by atoms with Gasteiger partial charge in [0.2, 0.25) is 0 Å². The van der Waals surface area contributed by atoms with E-state index in [4.69, 9.17) is 20.3 Å². The number of likely N-dealkylation sites (tertiary alicyclic amines) is 1. The molecule has 0 aliphatic carbocycles. The van der Waals surface area contributed by atoms with Gasteiger partial charge in [0.15, 0.2) is 0 Å². The van der Waals surface area contributed by atoms with Gasteiger partial charge in [0, 0.05) is 6.07 Å². The summed E-state index contributed by atoms with van der Waals surface area (Å²) in [5, 5.41) is 15.2. The van der Waals surface area contributed by atoms with Crippen molar-refractivity contribution in [2.24, 2.45) is 0 Å². The second kappa shape index (κ2) is 12.4. The number of halogens is 1. The fourth-order valence-electron chi connectivity index (χ4n) is 5.62. The zero-order valence-electron chi connectivity index (χ0n) is 24.5. The molecule has 0 saturated carbocycles. The molecule has 2 aromatic heterocycles. The van der Waals surface area contributed by atoms with Gasteiger partial charge in [-0.25, -0.2) is 4.39 Å². The van der Waals surface area contributed by atoms with Crippen molar-refractivity contribution in [2.75, 3.05) is 32.0 Å². The molecule has 44 heavy (non-hydrogen) atoms. The second-order valence-corrected chi connectivity index (χ2v) is 16.0. The van der Waals surface area contributed by atoms with Crippen LogP contribution in [0.4, 0.5) is 10.2 Å². The van der Waals surface area contributed by atoms with Crippen LogP contribution >= 0.6 is 0 Å². The average molecular weight is 657 g/mol. The summed E-state index contributed by atoms with van der Waals surface area (Å²) in [5.74, 6) is 0.300. The van der Waals surface area contributed by atoms with Crippen LogP contribution < -0.4 is 10.5 Å². The van der Waals surface area contributed by atoms with Crippen molar-refractivity contribution in [3.63, 3.8) is 0 Å². The first kappa shape index (κ1) is 29.8. The van der Waals surface area contributed by atoms with Crippen LogP contribution in [0.25, 0.3) is 22.3 Å². The summed E-state index contributed by atoms with van der Waals surface area (Å²) >= 11 is -0.124. The van der Waals surface area contributed by atoms with Crippen molar-refractivity contribution >= 4 is 38.5 Å². The number of hydrogen-bond acceptors (Lipinski definition) is 8. The number of aromatic nitrogens is 4. The molecule has 0 spiro atoms. The van der Waals surface area contributed by atoms with Gasteiger partial charge in [-0.1, -0.05) is 18.2 Å². The van der Waals surface area contributed by atoms with Gasteiger partial charge in [0.25, 0.3) is 0 Å². The van der Waals surface area contributed by atoms with Crippen molar-refractivity contribution in [3.05, 3.63) is 72.3 Å². The number of carbonyl (C=O) groups is 1. The molecular formula is C32H32AsFN7O3. The summed E-state index contributed by atoms with van der Waals surface area (Å²) in [6, 6.07) is 15.6. The number of allylic oxidation sites excluding steroid dienone is 1. The average Bonchev–Trinajstić information content (AvgIpc) is 3.39. The summed E-state index contributed by atoms with van der Waals surface area (Å²) in [5.41, 5.74) is 7.45. The molecule has 1 amide bonds. The summed E-state index contributed by atoms with van der Waals surface area (Å²) in [4.78, 5) is 23.9.